The lowest BCUT2D eigenvalue weighted by molar-refractivity contribution is -0.384. The average Bonchev–Trinajstić information content (AvgIpc) is 2.86. The predicted molar refractivity (Wildman–Crippen MR) is 122 cm³/mol. The van der Waals surface area contributed by atoms with Gasteiger partial charge in [-0.1, -0.05) is 0 Å². The van der Waals surface area contributed by atoms with Crippen LogP contribution < -0.4 is 14.2 Å². The second kappa shape index (κ2) is 9.78. The minimum absolute atomic E-state index is 0.0893. The van der Waals surface area contributed by atoms with Gasteiger partial charge in [0.1, 0.15) is 18.2 Å². The average molecular weight is 466 g/mol. The molecule has 0 aromatic heterocycles. The summed E-state index contributed by atoms with van der Waals surface area (Å²) in [4.78, 5) is 25.6. The molecule has 1 aliphatic heterocycles. The van der Waals surface area contributed by atoms with Crippen molar-refractivity contribution in [3.63, 3.8) is 0 Å². The van der Waals surface area contributed by atoms with Crippen LogP contribution in [0.25, 0.3) is 0 Å². The zero-order chi connectivity index (χ0) is 24.2. The fourth-order valence-electron chi connectivity index (χ4n) is 4.05. The second-order valence-electron chi connectivity index (χ2n) is 7.74. The van der Waals surface area contributed by atoms with Crippen LogP contribution in [0.15, 0.2) is 60.7 Å². The Bertz CT molecular complexity index is 1200. The molecular formula is C25H23FN2O6. The molecule has 34 heavy (non-hydrogen) atoms. The van der Waals surface area contributed by atoms with Gasteiger partial charge >= 0.3 is 0 Å². The van der Waals surface area contributed by atoms with E-state index in [1.165, 1.54) is 55.6 Å². The summed E-state index contributed by atoms with van der Waals surface area (Å²) < 4.78 is 30.1. The Hall–Kier alpha value is -4.14. The van der Waals surface area contributed by atoms with Crippen LogP contribution in [0.3, 0.4) is 0 Å². The summed E-state index contributed by atoms with van der Waals surface area (Å²) in [5.41, 5.74) is 2.09. The number of nitrogens with zero attached hydrogens (tertiary/aromatic N) is 2. The molecule has 1 amide bonds. The van der Waals surface area contributed by atoms with Crippen molar-refractivity contribution in [3.05, 3.63) is 93.3 Å². The molecule has 1 heterocycles. The van der Waals surface area contributed by atoms with E-state index in [4.69, 9.17) is 14.2 Å². The number of non-ortho nitro benzene ring substituents is 1. The van der Waals surface area contributed by atoms with E-state index < -0.39 is 11.0 Å². The van der Waals surface area contributed by atoms with Crippen LogP contribution in [-0.2, 0) is 6.42 Å². The first-order valence-corrected chi connectivity index (χ1v) is 10.6. The predicted octanol–water partition coefficient (Wildman–Crippen LogP) is 4.57. The second-order valence-corrected chi connectivity index (χ2v) is 7.74. The number of hydrogen-bond donors (Lipinski definition) is 0. The number of halogens is 1. The number of ether oxygens (including phenoxy) is 3. The van der Waals surface area contributed by atoms with E-state index in [-0.39, 0.29) is 24.0 Å². The standard InChI is InChI=1S/C25H23FN2O6/c1-32-23-13-17-11-12-27(25(29)16-3-7-19(8-4-16)28(30)31)22(21(17)14-24(23)33-2)15-34-20-9-5-18(26)6-10-20/h3-10,13-14,22H,11-12,15H2,1-2H3/t22-/m1/s1. The molecular weight excluding hydrogens is 443 g/mol. The van der Waals surface area contributed by atoms with Crippen molar-refractivity contribution in [2.75, 3.05) is 27.4 Å². The highest BCUT2D eigenvalue weighted by Gasteiger charge is 2.33. The Balaban J connectivity index is 1.68. The molecule has 0 radical (unpaired) electrons. The number of nitro benzene ring substituents is 1. The van der Waals surface area contributed by atoms with Gasteiger partial charge in [-0.15, -0.1) is 0 Å². The zero-order valence-corrected chi connectivity index (χ0v) is 18.7. The summed E-state index contributed by atoms with van der Waals surface area (Å²) in [6.07, 6.45) is 0.585. The topological polar surface area (TPSA) is 91.1 Å². The van der Waals surface area contributed by atoms with E-state index in [9.17, 15) is 19.3 Å². The fourth-order valence-corrected chi connectivity index (χ4v) is 4.05. The molecule has 0 bridgehead atoms. The number of carbonyl (C=O) groups excluding carboxylic acids is 1. The molecule has 4 rings (SSSR count). The van der Waals surface area contributed by atoms with Crippen LogP contribution in [0, 0.1) is 15.9 Å². The van der Waals surface area contributed by atoms with Gasteiger partial charge in [0.25, 0.3) is 11.6 Å². The quantitative estimate of drug-likeness (QED) is 0.374. The molecule has 0 spiro atoms. The maximum Gasteiger partial charge on any atom is 0.269 e. The third-order valence-electron chi connectivity index (χ3n) is 5.81. The first-order chi connectivity index (χ1) is 16.4. The molecule has 0 N–H and O–H groups in total. The maximum absolute atomic E-state index is 13.4. The van der Waals surface area contributed by atoms with Crippen LogP contribution in [0.1, 0.15) is 27.5 Å². The van der Waals surface area contributed by atoms with Gasteiger partial charge in [0.05, 0.1) is 25.2 Å². The van der Waals surface area contributed by atoms with E-state index in [0.717, 1.165) is 11.1 Å². The van der Waals surface area contributed by atoms with Crippen LogP contribution in [0.2, 0.25) is 0 Å². The molecule has 0 saturated heterocycles. The molecule has 3 aromatic rings. The lowest BCUT2D eigenvalue weighted by atomic mass is 9.91. The van der Waals surface area contributed by atoms with Crippen LogP contribution in [0.4, 0.5) is 10.1 Å². The molecule has 9 heteroatoms. The highest BCUT2D eigenvalue weighted by Crippen LogP contribution is 2.39. The van der Waals surface area contributed by atoms with Gasteiger partial charge in [-0.2, -0.15) is 0 Å². The normalized spacial score (nSPS) is 14.8. The minimum atomic E-state index is -0.510. The lowest BCUT2D eigenvalue weighted by Gasteiger charge is -2.37. The smallest absolute Gasteiger partial charge is 0.269 e. The third kappa shape index (κ3) is 4.63. The van der Waals surface area contributed by atoms with Crippen molar-refractivity contribution in [1.29, 1.82) is 0 Å². The van der Waals surface area contributed by atoms with Crippen molar-refractivity contribution in [3.8, 4) is 17.2 Å². The van der Waals surface area contributed by atoms with Gasteiger partial charge in [-0.05, 0) is 66.1 Å². The van der Waals surface area contributed by atoms with Crippen molar-refractivity contribution in [2.24, 2.45) is 0 Å². The summed E-state index contributed by atoms with van der Waals surface area (Å²) in [5, 5.41) is 11.0. The SMILES string of the molecule is COc1cc2c(cc1OC)[C@@H](COc1ccc(F)cc1)N(C(=O)c1ccc([N+](=O)[O-])cc1)CC2. The fraction of sp³-hybridized carbons (Fsp3) is 0.240. The van der Waals surface area contributed by atoms with E-state index in [0.29, 0.717) is 35.8 Å². The van der Waals surface area contributed by atoms with Gasteiger partial charge in [-0.25, -0.2) is 4.39 Å². The number of nitro groups is 1. The molecule has 176 valence electrons. The summed E-state index contributed by atoms with van der Waals surface area (Å²) in [6.45, 7) is 0.530. The Morgan fingerprint density at radius 1 is 1.06 bits per heavy atom. The lowest BCUT2D eigenvalue weighted by Crippen LogP contribution is -2.42. The number of fused-ring (bicyclic) bond motifs is 1. The van der Waals surface area contributed by atoms with Gasteiger partial charge in [0.15, 0.2) is 11.5 Å². The molecule has 0 fully saturated rings. The highest BCUT2D eigenvalue weighted by atomic mass is 19.1. The molecule has 8 nitrogen and oxygen atoms in total. The molecule has 0 aliphatic carbocycles. The minimum Gasteiger partial charge on any atom is -0.493 e. The summed E-state index contributed by atoms with van der Waals surface area (Å²) >= 11 is 0. The third-order valence-corrected chi connectivity index (χ3v) is 5.81. The van der Waals surface area contributed by atoms with E-state index >= 15 is 0 Å². The first kappa shape index (κ1) is 23.0. The summed E-state index contributed by atoms with van der Waals surface area (Å²) in [5.74, 6) is 0.939. The summed E-state index contributed by atoms with van der Waals surface area (Å²) in [7, 11) is 3.10. The molecule has 1 atom stereocenters. The van der Waals surface area contributed by atoms with E-state index in [1.807, 2.05) is 12.1 Å². The number of amides is 1. The van der Waals surface area contributed by atoms with E-state index in [1.54, 1.807) is 12.0 Å². The Labute approximate surface area is 195 Å². The molecule has 3 aromatic carbocycles. The van der Waals surface area contributed by atoms with Crippen LogP contribution >= 0.6 is 0 Å². The number of carbonyl (C=O) groups is 1. The zero-order valence-electron chi connectivity index (χ0n) is 18.7. The van der Waals surface area contributed by atoms with Gasteiger partial charge in [0, 0.05) is 24.2 Å². The largest absolute Gasteiger partial charge is 0.493 e. The van der Waals surface area contributed by atoms with E-state index in [2.05, 4.69) is 0 Å². The van der Waals surface area contributed by atoms with Crippen LogP contribution in [0.5, 0.6) is 17.2 Å². The number of hydrogen-bond acceptors (Lipinski definition) is 6. The van der Waals surface area contributed by atoms with Gasteiger partial charge in [0.2, 0.25) is 0 Å². The first-order valence-electron chi connectivity index (χ1n) is 10.6. The van der Waals surface area contributed by atoms with Crippen LogP contribution in [-0.4, -0.2) is 43.1 Å². The molecule has 0 unspecified atom stereocenters. The Morgan fingerprint density at radius 2 is 1.71 bits per heavy atom. The van der Waals surface area contributed by atoms with Crippen molar-refractivity contribution in [1.82, 2.24) is 4.90 Å². The maximum atomic E-state index is 13.4. The number of methoxy groups -OCH3 is 2. The van der Waals surface area contributed by atoms with Crippen molar-refractivity contribution < 1.29 is 28.3 Å². The van der Waals surface area contributed by atoms with Gasteiger partial charge < -0.3 is 19.1 Å². The monoisotopic (exact) mass is 466 g/mol. The van der Waals surface area contributed by atoms with Crippen molar-refractivity contribution >= 4 is 11.6 Å². The Morgan fingerprint density at radius 3 is 2.32 bits per heavy atom. The Kier molecular flexibility index (Phi) is 6.62. The number of benzene rings is 3. The molecule has 1 aliphatic rings. The van der Waals surface area contributed by atoms with Crippen molar-refractivity contribution in [2.45, 2.75) is 12.5 Å². The number of rotatable bonds is 7. The summed E-state index contributed by atoms with van der Waals surface area (Å²) in [6, 6.07) is 14.4. The van der Waals surface area contributed by atoms with Gasteiger partial charge in [-0.3, -0.25) is 14.9 Å². The highest BCUT2D eigenvalue weighted by molar-refractivity contribution is 5.95. The molecule has 0 saturated carbocycles.